The molecule has 0 aliphatic carbocycles. The molecule has 1 amide bonds. The van der Waals surface area contributed by atoms with Crippen molar-refractivity contribution in [3.63, 3.8) is 0 Å². The van der Waals surface area contributed by atoms with E-state index in [4.69, 9.17) is 19.4 Å². The average molecular weight is 732 g/mol. The second-order valence-corrected chi connectivity index (χ2v) is 15.1. The molecule has 0 fully saturated rings. The van der Waals surface area contributed by atoms with Crippen LogP contribution in [0.2, 0.25) is 0 Å². The van der Waals surface area contributed by atoms with Gasteiger partial charge in [0.15, 0.2) is 18.9 Å². The van der Waals surface area contributed by atoms with Gasteiger partial charge in [-0.25, -0.2) is 9.55 Å². The molecule has 4 aromatic rings. The van der Waals surface area contributed by atoms with Crippen LogP contribution in [0.1, 0.15) is 109 Å². The molecule has 0 spiro atoms. The van der Waals surface area contributed by atoms with Crippen LogP contribution in [0.25, 0.3) is 33.7 Å². The number of hydrogen-bond donors (Lipinski definition) is 2. The van der Waals surface area contributed by atoms with E-state index in [-0.39, 0.29) is 17.7 Å². The SMILES string of the molecule is CCc1c(C)c2cc3[nH]c(cc4nc(c(C)c5nc(cc1[nH]2)C(C)=C5)[C@@H](CCC(=O)N(C)CCOCCOCC[n+]1ccc(C)cc1)[C@@H]4C)c(C)c3CC. The van der Waals surface area contributed by atoms with E-state index in [1.807, 2.05) is 7.05 Å². The Morgan fingerprint density at radius 3 is 2.11 bits per heavy atom. The zero-order valence-corrected chi connectivity index (χ0v) is 33.9. The van der Waals surface area contributed by atoms with Gasteiger partial charge in [0.1, 0.15) is 6.61 Å². The number of ether oxygens (including phenoxy) is 2. The fourth-order valence-electron chi connectivity index (χ4n) is 7.88. The molecular weight excluding hydrogens is 673 g/mol. The molecule has 0 radical (unpaired) electrons. The Hall–Kier alpha value is -4.60. The second-order valence-electron chi connectivity index (χ2n) is 15.1. The van der Waals surface area contributed by atoms with Gasteiger partial charge in [-0.3, -0.25) is 9.78 Å². The van der Waals surface area contributed by atoms with Crippen molar-refractivity contribution in [1.29, 1.82) is 0 Å². The quantitative estimate of drug-likeness (QED) is 0.100. The number of likely N-dealkylation sites (N-methyl/N-ethyl adjacent to an activating group) is 1. The molecular formula is C45H59N6O3+. The largest absolute Gasteiger partial charge is 0.377 e. The van der Waals surface area contributed by atoms with Crippen molar-refractivity contribution in [3.05, 3.63) is 98.9 Å². The summed E-state index contributed by atoms with van der Waals surface area (Å²) in [7, 11) is 1.87. The normalized spacial score (nSPS) is 15.5. The van der Waals surface area contributed by atoms with E-state index in [9.17, 15) is 4.79 Å². The van der Waals surface area contributed by atoms with Crippen LogP contribution in [0.5, 0.6) is 0 Å². The minimum atomic E-state index is 0.0898. The molecule has 6 rings (SSSR count). The lowest BCUT2D eigenvalue weighted by atomic mass is 9.85. The summed E-state index contributed by atoms with van der Waals surface area (Å²) in [4.78, 5) is 33.2. The molecule has 2 aliphatic rings. The third kappa shape index (κ3) is 8.53. The molecule has 8 bridgehead atoms. The number of aromatic amines is 2. The van der Waals surface area contributed by atoms with Crippen LogP contribution >= 0.6 is 0 Å². The van der Waals surface area contributed by atoms with Gasteiger partial charge < -0.3 is 24.3 Å². The summed E-state index contributed by atoms with van der Waals surface area (Å²) < 4.78 is 13.7. The van der Waals surface area contributed by atoms with Crippen LogP contribution in [-0.4, -0.2) is 70.8 Å². The van der Waals surface area contributed by atoms with Crippen LogP contribution < -0.4 is 4.57 Å². The van der Waals surface area contributed by atoms with E-state index in [0.29, 0.717) is 45.8 Å². The number of fused-ring (bicyclic) bond motifs is 8. The summed E-state index contributed by atoms with van der Waals surface area (Å²) in [5, 5.41) is 0. The average Bonchev–Trinajstić information content (AvgIpc) is 3.86. The van der Waals surface area contributed by atoms with Gasteiger partial charge in [0, 0.05) is 77.4 Å². The minimum Gasteiger partial charge on any atom is -0.377 e. The molecule has 9 heteroatoms. The summed E-state index contributed by atoms with van der Waals surface area (Å²) in [6.45, 7) is 21.0. The van der Waals surface area contributed by atoms with Gasteiger partial charge in [0.25, 0.3) is 0 Å². The molecule has 0 unspecified atom stereocenters. The van der Waals surface area contributed by atoms with E-state index in [1.54, 1.807) is 4.90 Å². The second kappa shape index (κ2) is 17.2. The van der Waals surface area contributed by atoms with Crippen molar-refractivity contribution in [2.45, 2.75) is 99.5 Å². The number of aromatic nitrogens is 5. The summed E-state index contributed by atoms with van der Waals surface area (Å²) in [5.74, 6) is 0.343. The number of H-pyrrole nitrogens is 2. The molecule has 0 aromatic carbocycles. The van der Waals surface area contributed by atoms with Crippen molar-refractivity contribution in [2.24, 2.45) is 0 Å². The van der Waals surface area contributed by atoms with Crippen LogP contribution in [0, 0.1) is 27.7 Å². The van der Waals surface area contributed by atoms with Gasteiger partial charge >= 0.3 is 0 Å². The van der Waals surface area contributed by atoms with Crippen LogP contribution in [-0.2, 0) is 33.7 Å². The molecule has 2 N–H and O–H groups in total. The minimum absolute atomic E-state index is 0.0898. The Labute approximate surface area is 320 Å². The number of nitrogens with zero attached hydrogens (tertiary/aromatic N) is 4. The maximum atomic E-state index is 13.4. The van der Waals surface area contributed by atoms with E-state index in [2.05, 4.69) is 119 Å². The summed E-state index contributed by atoms with van der Waals surface area (Å²) >= 11 is 0. The van der Waals surface area contributed by atoms with Crippen LogP contribution in [0.15, 0.2) is 42.7 Å². The van der Waals surface area contributed by atoms with Crippen molar-refractivity contribution in [3.8, 4) is 0 Å². The van der Waals surface area contributed by atoms with Crippen molar-refractivity contribution < 1.29 is 18.8 Å². The fraction of sp³-hybridized carbons (Fsp3) is 0.467. The first-order valence-electron chi connectivity index (χ1n) is 19.7. The molecule has 4 aromatic heterocycles. The highest BCUT2D eigenvalue weighted by molar-refractivity contribution is 5.85. The lowest BCUT2D eigenvalue weighted by Crippen LogP contribution is -2.35. The Balaban J connectivity index is 1.19. The maximum Gasteiger partial charge on any atom is 0.222 e. The molecule has 2 aliphatic heterocycles. The highest BCUT2D eigenvalue weighted by atomic mass is 16.5. The Morgan fingerprint density at radius 1 is 0.815 bits per heavy atom. The maximum absolute atomic E-state index is 13.4. The van der Waals surface area contributed by atoms with Crippen LogP contribution in [0.3, 0.4) is 0 Å². The lowest BCUT2D eigenvalue weighted by Gasteiger charge is -2.21. The van der Waals surface area contributed by atoms with E-state index in [1.165, 1.54) is 27.8 Å². The highest BCUT2D eigenvalue weighted by Gasteiger charge is 2.32. The number of nitrogens with one attached hydrogen (secondary N) is 2. The number of aryl methyl sites for hydroxylation is 5. The summed E-state index contributed by atoms with van der Waals surface area (Å²) in [5.41, 5.74) is 17.1. The fourth-order valence-corrected chi connectivity index (χ4v) is 7.88. The molecule has 9 nitrogen and oxygen atoms in total. The molecule has 0 saturated heterocycles. The predicted octanol–water partition coefficient (Wildman–Crippen LogP) is 8.38. The zero-order chi connectivity index (χ0) is 38.5. The number of rotatable bonds is 14. The van der Waals surface area contributed by atoms with Gasteiger partial charge in [0.2, 0.25) is 5.91 Å². The lowest BCUT2D eigenvalue weighted by molar-refractivity contribution is -0.698. The molecule has 286 valence electrons. The number of allylic oxidation sites excluding steroid dienone is 1. The third-order valence-electron chi connectivity index (χ3n) is 11.5. The van der Waals surface area contributed by atoms with E-state index in [0.717, 1.165) is 75.4 Å². The molecule has 2 atom stereocenters. The number of carbonyl (C=O) groups excluding carboxylic acids is 1. The molecule has 0 saturated carbocycles. The standard InChI is InChI=1S/C45H59N6O3/c1-10-34-31(6)40-27-43-35(11-2)30(5)39(47-43)26-41-32(7)36(45(49-41)33(8)38-24-29(4)37(46-38)25-42(34)48-40)12-13-44(52)50(9)18-20-53-22-23-54-21-19-51-16-14-28(3)15-17-51/h14-17,24-27,32,36,47-48H,10-13,18-23H2,1-9H3/q+1/t32-,36-/m0/s1. The van der Waals surface area contributed by atoms with Gasteiger partial charge in [0.05, 0.1) is 31.2 Å². The van der Waals surface area contributed by atoms with Gasteiger partial charge in [-0.15, -0.1) is 0 Å². The van der Waals surface area contributed by atoms with Gasteiger partial charge in [-0.05, 0) is 117 Å². The zero-order valence-electron chi connectivity index (χ0n) is 33.9. The smallest absolute Gasteiger partial charge is 0.222 e. The predicted molar refractivity (Wildman–Crippen MR) is 219 cm³/mol. The number of carbonyl (C=O) groups is 1. The Bertz CT molecular complexity index is 2180. The van der Waals surface area contributed by atoms with E-state index >= 15 is 0 Å². The number of hydrogen-bond acceptors (Lipinski definition) is 5. The molecule has 6 heterocycles. The van der Waals surface area contributed by atoms with Gasteiger partial charge in [-0.2, -0.15) is 0 Å². The first-order valence-corrected chi connectivity index (χ1v) is 19.7. The van der Waals surface area contributed by atoms with Crippen molar-refractivity contribution >= 4 is 39.6 Å². The first-order chi connectivity index (χ1) is 26.0. The summed E-state index contributed by atoms with van der Waals surface area (Å²) in [6.07, 6.45) is 9.32. The Kier molecular flexibility index (Phi) is 12.5. The topological polar surface area (TPSA) is 100 Å². The number of pyridine rings is 1. The Morgan fingerprint density at radius 2 is 1.44 bits per heavy atom. The van der Waals surface area contributed by atoms with E-state index < -0.39 is 0 Å². The summed E-state index contributed by atoms with van der Waals surface area (Å²) in [6, 6.07) is 10.9. The first kappa shape index (κ1) is 39.1. The van der Waals surface area contributed by atoms with Crippen LogP contribution in [0.4, 0.5) is 0 Å². The monoisotopic (exact) mass is 731 g/mol. The van der Waals surface area contributed by atoms with Crippen molar-refractivity contribution in [1.82, 2.24) is 24.8 Å². The third-order valence-corrected chi connectivity index (χ3v) is 11.5. The number of amides is 1. The van der Waals surface area contributed by atoms with Gasteiger partial charge in [-0.1, -0.05) is 20.8 Å². The molecule has 54 heavy (non-hydrogen) atoms. The van der Waals surface area contributed by atoms with Crippen molar-refractivity contribution in [2.75, 3.05) is 40.0 Å². The highest BCUT2D eigenvalue weighted by Crippen LogP contribution is 2.42.